The summed E-state index contributed by atoms with van der Waals surface area (Å²) in [5.41, 5.74) is 4.89. The zero-order valence-electron chi connectivity index (χ0n) is 11.4. The zero-order chi connectivity index (χ0) is 15.4. The molecule has 5 N–H and O–H groups in total. The summed E-state index contributed by atoms with van der Waals surface area (Å²) in [5, 5.41) is 13.4. The number of carbonyl (C=O) groups excluding carboxylic acids is 2. The molecule has 0 unspecified atom stereocenters. The number of methoxy groups -OCH3 is 1. The summed E-state index contributed by atoms with van der Waals surface area (Å²) in [6.07, 6.45) is 0.119. The predicted molar refractivity (Wildman–Crippen MR) is 69.1 cm³/mol. The van der Waals surface area contributed by atoms with Crippen LogP contribution in [0.15, 0.2) is 0 Å². The second kappa shape index (κ2) is 11.0. The number of nitrogens with one attached hydrogen (secondary N) is 2. The van der Waals surface area contributed by atoms with E-state index in [-0.39, 0.29) is 0 Å². The Morgan fingerprint density at radius 2 is 1.95 bits per heavy atom. The van der Waals surface area contributed by atoms with Gasteiger partial charge in [-0.2, -0.15) is 0 Å². The van der Waals surface area contributed by atoms with Crippen molar-refractivity contribution in [3.05, 3.63) is 0 Å². The molecular formula is C11H21N3O6. The van der Waals surface area contributed by atoms with E-state index in [0.717, 1.165) is 0 Å². The standard InChI is InChI=1S/C11H21N3O6/c1-19-5-6-20-4-2-3-13-11(18)14-8(10(16)17)7-9(12)15/h8H,2-7H2,1H3,(H2,12,15)(H,16,17)(H2,13,14,18)/t8-/m1/s1. The van der Waals surface area contributed by atoms with Crippen molar-refractivity contribution in [2.45, 2.75) is 18.9 Å². The molecule has 0 radical (unpaired) electrons. The van der Waals surface area contributed by atoms with Crippen molar-refractivity contribution in [2.24, 2.45) is 5.73 Å². The van der Waals surface area contributed by atoms with Gasteiger partial charge in [0.05, 0.1) is 19.6 Å². The number of rotatable bonds is 11. The van der Waals surface area contributed by atoms with Crippen molar-refractivity contribution in [3.8, 4) is 0 Å². The van der Waals surface area contributed by atoms with Crippen LogP contribution in [0.4, 0.5) is 4.79 Å². The molecule has 0 fully saturated rings. The first-order valence-electron chi connectivity index (χ1n) is 6.09. The molecule has 0 aliphatic heterocycles. The molecule has 116 valence electrons. The van der Waals surface area contributed by atoms with Gasteiger partial charge >= 0.3 is 12.0 Å². The van der Waals surface area contributed by atoms with Gasteiger partial charge in [-0.15, -0.1) is 0 Å². The molecule has 0 aromatic rings. The van der Waals surface area contributed by atoms with Crippen LogP contribution in [0.1, 0.15) is 12.8 Å². The molecule has 9 heteroatoms. The summed E-state index contributed by atoms with van der Waals surface area (Å²) in [6, 6.07) is -2.00. The topological polar surface area (TPSA) is 140 Å². The molecule has 0 saturated carbocycles. The van der Waals surface area contributed by atoms with Gasteiger partial charge in [-0.05, 0) is 6.42 Å². The molecule has 0 rings (SSSR count). The smallest absolute Gasteiger partial charge is 0.326 e. The van der Waals surface area contributed by atoms with Gasteiger partial charge in [-0.25, -0.2) is 9.59 Å². The number of ether oxygens (including phenoxy) is 2. The summed E-state index contributed by atoms with van der Waals surface area (Å²) >= 11 is 0. The second-order valence-corrected chi connectivity index (χ2v) is 3.92. The second-order valence-electron chi connectivity index (χ2n) is 3.92. The predicted octanol–water partition coefficient (Wildman–Crippen LogP) is -1.33. The maximum Gasteiger partial charge on any atom is 0.326 e. The van der Waals surface area contributed by atoms with Crippen LogP contribution in [0.2, 0.25) is 0 Å². The van der Waals surface area contributed by atoms with E-state index < -0.39 is 30.4 Å². The number of hydrogen-bond acceptors (Lipinski definition) is 5. The Bertz CT molecular complexity index is 323. The van der Waals surface area contributed by atoms with Gasteiger partial charge in [0, 0.05) is 20.3 Å². The lowest BCUT2D eigenvalue weighted by Crippen LogP contribution is -2.47. The Morgan fingerprint density at radius 3 is 2.50 bits per heavy atom. The van der Waals surface area contributed by atoms with Gasteiger partial charge in [0.25, 0.3) is 0 Å². The minimum absolute atomic E-state index is 0.321. The number of primary amides is 1. The van der Waals surface area contributed by atoms with E-state index in [4.69, 9.17) is 20.3 Å². The summed E-state index contributed by atoms with van der Waals surface area (Å²) in [6.45, 7) is 1.75. The first-order chi connectivity index (χ1) is 9.47. The molecule has 3 amide bonds. The van der Waals surface area contributed by atoms with Gasteiger partial charge in [-0.1, -0.05) is 0 Å². The van der Waals surface area contributed by atoms with Crippen LogP contribution in [0.25, 0.3) is 0 Å². The molecule has 0 aliphatic carbocycles. The van der Waals surface area contributed by atoms with Crippen molar-refractivity contribution < 1.29 is 29.0 Å². The quantitative estimate of drug-likeness (QED) is 0.348. The van der Waals surface area contributed by atoms with Gasteiger partial charge < -0.3 is 30.9 Å². The highest BCUT2D eigenvalue weighted by Crippen LogP contribution is 1.91. The fourth-order valence-corrected chi connectivity index (χ4v) is 1.23. The van der Waals surface area contributed by atoms with Crippen LogP contribution in [0, 0.1) is 0 Å². The Kier molecular flexibility index (Phi) is 9.97. The molecule has 0 saturated heterocycles. The normalized spacial score (nSPS) is 11.7. The van der Waals surface area contributed by atoms with Crippen LogP contribution < -0.4 is 16.4 Å². The number of carbonyl (C=O) groups is 3. The average Bonchev–Trinajstić information content (AvgIpc) is 2.36. The third-order valence-electron chi connectivity index (χ3n) is 2.19. The third kappa shape index (κ3) is 10.1. The van der Waals surface area contributed by atoms with Gasteiger partial charge in [0.1, 0.15) is 6.04 Å². The number of urea groups is 1. The highest BCUT2D eigenvalue weighted by molar-refractivity contribution is 5.87. The van der Waals surface area contributed by atoms with E-state index in [0.29, 0.717) is 32.8 Å². The van der Waals surface area contributed by atoms with E-state index in [2.05, 4.69) is 10.6 Å². The highest BCUT2D eigenvalue weighted by atomic mass is 16.5. The van der Waals surface area contributed by atoms with Crippen molar-refractivity contribution in [1.29, 1.82) is 0 Å². The minimum Gasteiger partial charge on any atom is -0.480 e. The molecule has 9 nitrogen and oxygen atoms in total. The highest BCUT2D eigenvalue weighted by Gasteiger charge is 2.21. The molecule has 0 aromatic heterocycles. The molecule has 0 heterocycles. The lowest BCUT2D eigenvalue weighted by molar-refractivity contribution is -0.140. The average molecular weight is 291 g/mol. The number of carboxylic acids is 1. The number of hydrogen-bond donors (Lipinski definition) is 4. The van der Waals surface area contributed by atoms with Crippen LogP contribution in [-0.2, 0) is 19.1 Å². The van der Waals surface area contributed by atoms with E-state index >= 15 is 0 Å². The summed E-state index contributed by atoms with van der Waals surface area (Å²) in [5.74, 6) is -2.12. The van der Waals surface area contributed by atoms with Crippen LogP contribution in [0.5, 0.6) is 0 Å². The van der Waals surface area contributed by atoms with Gasteiger partial charge in [0.15, 0.2) is 0 Å². The first-order valence-corrected chi connectivity index (χ1v) is 6.09. The van der Waals surface area contributed by atoms with E-state index in [9.17, 15) is 14.4 Å². The monoisotopic (exact) mass is 291 g/mol. The van der Waals surface area contributed by atoms with E-state index in [1.807, 2.05) is 0 Å². The maximum atomic E-state index is 11.4. The Hall–Kier alpha value is -1.87. The Labute approximate surface area is 116 Å². The maximum absolute atomic E-state index is 11.4. The molecular weight excluding hydrogens is 270 g/mol. The summed E-state index contributed by atoms with van der Waals surface area (Å²) < 4.78 is 9.96. The lowest BCUT2D eigenvalue weighted by atomic mass is 10.2. The first kappa shape index (κ1) is 18.1. The van der Waals surface area contributed by atoms with Crippen LogP contribution >= 0.6 is 0 Å². The Balaban J connectivity index is 3.75. The molecule has 1 atom stereocenters. The van der Waals surface area contributed by atoms with Crippen molar-refractivity contribution in [1.82, 2.24) is 10.6 Å². The molecule has 0 aliphatic rings. The third-order valence-corrected chi connectivity index (χ3v) is 2.19. The minimum atomic E-state index is -1.33. The molecule has 20 heavy (non-hydrogen) atoms. The van der Waals surface area contributed by atoms with E-state index in [1.165, 1.54) is 0 Å². The largest absolute Gasteiger partial charge is 0.480 e. The van der Waals surface area contributed by atoms with E-state index in [1.54, 1.807) is 7.11 Å². The van der Waals surface area contributed by atoms with Gasteiger partial charge in [0.2, 0.25) is 5.91 Å². The van der Waals surface area contributed by atoms with Crippen molar-refractivity contribution in [2.75, 3.05) is 33.5 Å². The SMILES string of the molecule is COCCOCCCNC(=O)N[C@H](CC(N)=O)C(=O)O. The molecule has 0 bridgehead atoms. The number of amides is 3. The summed E-state index contributed by atoms with van der Waals surface area (Å²) in [4.78, 5) is 32.8. The zero-order valence-corrected chi connectivity index (χ0v) is 11.4. The fourth-order valence-electron chi connectivity index (χ4n) is 1.23. The Morgan fingerprint density at radius 1 is 1.25 bits per heavy atom. The van der Waals surface area contributed by atoms with Crippen LogP contribution in [-0.4, -0.2) is 62.5 Å². The number of carboxylic acid groups (broad SMARTS) is 1. The fraction of sp³-hybridized carbons (Fsp3) is 0.727. The van der Waals surface area contributed by atoms with Crippen molar-refractivity contribution >= 4 is 17.9 Å². The van der Waals surface area contributed by atoms with Crippen molar-refractivity contribution in [3.63, 3.8) is 0 Å². The number of nitrogens with two attached hydrogens (primary N) is 1. The summed E-state index contributed by atoms with van der Waals surface area (Å²) in [7, 11) is 1.57. The molecule has 0 aromatic carbocycles. The molecule has 0 spiro atoms. The number of aliphatic carboxylic acids is 1. The lowest BCUT2D eigenvalue weighted by Gasteiger charge is -2.13. The van der Waals surface area contributed by atoms with Crippen LogP contribution in [0.3, 0.4) is 0 Å². The van der Waals surface area contributed by atoms with Gasteiger partial charge in [-0.3, -0.25) is 4.79 Å².